The number of esters is 1. The van der Waals surface area contributed by atoms with Crippen molar-refractivity contribution < 1.29 is 17.9 Å². The van der Waals surface area contributed by atoms with E-state index in [0.29, 0.717) is 17.0 Å². The highest BCUT2D eigenvalue weighted by atomic mass is 32.2. The van der Waals surface area contributed by atoms with Crippen LogP contribution < -0.4 is 4.72 Å². The van der Waals surface area contributed by atoms with E-state index in [1.54, 1.807) is 36.9 Å². The maximum atomic E-state index is 12.7. The smallest absolute Gasteiger partial charge is 0.328 e. The fraction of sp³-hybridized carbons (Fsp3) is 0.263. The number of carbonyl (C=O) groups is 1. The Morgan fingerprint density at radius 3 is 2.54 bits per heavy atom. The van der Waals surface area contributed by atoms with E-state index in [1.165, 1.54) is 6.07 Å². The zero-order valence-electron chi connectivity index (χ0n) is 15.7. The van der Waals surface area contributed by atoms with Crippen molar-refractivity contribution in [3.63, 3.8) is 0 Å². The molecule has 2 heterocycles. The van der Waals surface area contributed by atoms with E-state index in [0.717, 1.165) is 17.0 Å². The average Bonchev–Trinajstić information content (AvgIpc) is 3.30. The Morgan fingerprint density at radius 2 is 1.93 bits per heavy atom. The first kappa shape index (κ1) is 20.2. The number of thiophene rings is 1. The van der Waals surface area contributed by atoms with Gasteiger partial charge in [0.1, 0.15) is 10.3 Å². The number of benzene rings is 1. The lowest BCUT2D eigenvalue weighted by Gasteiger charge is -2.18. The molecule has 0 saturated carbocycles. The van der Waals surface area contributed by atoms with Gasteiger partial charge in [-0.15, -0.1) is 11.3 Å². The predicted molar refractivity (Wildman–Crippen MR) is 107 cm³/mol. The summed E-state index contributed by atoms with van der Waals surface area (Å²) in [6.07, 6.45) is 0. The van der Waals surface area contributed by atoms with Crippen molar-refractivity contribution in [1.82, 2.24) is 14.5 Å². The van der Waals surface area contributed by atoms with Gasteiger partial charge < -0.3 is 4.74 Å². The van der Waals surface area contributed by atoms with Crippen LogP contribution >= 0.6 is 11.3 Å². The summed E-state index contributed by atoms with van der Waals surface area (Å²) in [4.78, 5) is 12.7. The van der Waals surface area contributed by atoms with Crippen LogP contribution in [0.15, 0.2) is 52.1 Å². The number of carbonyl (C=O) groups excluding carboxylic acids is 1. The normalized spacial score (nSPS) is 12.7. The van der Waals surface area contributed by atoms with Crippen molar-refractivity contribution >= 4 is 27.3 Å². The van der Waals surface area contributed by atoms with Gasteiger partial charge in [0.05, 0.1) is 18.0 Å². The van der Waals surface area contributed by atoms with E-state index >= 15 is 0 Å². The van der Waals surface area contributed by atoms with E-state index < -0.39 is 22.0 Å². The summed E-state index contributed by atoms with van der Waals surface area (Å²) in [5, 5.41) is 6.18. The second kappa shape index (κ2) is 8.26. The lowest BCUT2D eigenvalue weighted by molar-refractivity contribution is -0.145. The van der Waals surface area contributed by atoms with Crippen LogP contribution in [-0.2, 0) is 19.6 Å². The molecule has 0 bridgehead atoms. The van der Waals surface area contributed by atoms with E-state index in [9.17, 15) is 13.2 Å². The minimum atomic E-state index is -3.89. The fourth-order valence-electron chi connectivity index (χ4n) is 2.97. The molecule has 0 amide bonds. The molecule has 0 spiro atoms. The molecule has 0 saturated heterocycles. The average molecular weight is 420 g/mol. The molecule has 3 rings (SSSR count). The van der Waals surface area contributed by atoms with Crippen LogP contribution in [0.2, 0.25) is 0 Å². The van der Waals surface area contributed by atoms with Crippen LogP contribution in [0, 0.1) is 13.8 Å². The summed E-state index contributed by atoms with van der Waals surface area (Å²) in [6, 6.07) is 11.4. The summed E-state index contributed by atoms with van der Waals surface area (Å²) in [6.45, 7) is 5.36. The van der Waals surface area contributed by atoms with Crippen molar-refractivity contribution in [1.29, 1.82) is 0 Å². The fourth-order valence-corrected chi connectivity index (χ4v) is 5.14. The molecular formula is C19H21N3O4S2. The molecule has 0 aliphatic heterocycles. The third kappa shape index (κ3) is 4.01. The molecule has 0 fully saturated rings. The molecule has 3 aromatic rings. The molecule has 148 valence electrons. The van der Waals surface area contributed by atoms with Gasteiger partial charge >= 0.3 is 5.97 Å². The van der Waals surface area contributed by atoms with Crippen LogP contribution in [-0.4, -0.2) is 30.8 Å². The number of aryl methyl sites for hydroxylation is 1. The summed E-state index contributed by atoms with van der Waals surface area (Å²) in [7, 11) is -3.89. The molecule has 7 nitrogen and oxygen atoms in total. The molecule has 9 heteroatoms. The Bertz CT molecular complexity index is 1060. The first-order valence-electron chi connectivity index (χ1n) is 8.69. The van der Waals surface area contributed by atoms with Crippen molar-refractivity contribution in [2.45, 2.75) is 31.0 Å². The largest absolute Gasteiger partial charge is 0.465 e. The molecule has 0 aliphatic rings. The summed E-state index contributed by atoms with van der Waals surface area (Å²) in [5.74, 6) is -0.665. The van der Waals surface area contributed by atoms with Crippen LogP contribution in [0.4, 0.5) is 0 Å². The van der Waals surface area contributed by atoms with Crippen molar-refractivity contribution in [3.05, 3.63) is 64.8 Å². The number of nitrogens with one attached hydrogen (secondary N) is 1. The summed E-state index contributed by atoms with van der Waals surface area (Å²) in [5.41, 5.74) is 2.52. The van der Waals surface area contributed by atoms with Crippen LogP contribution in [0.3, 0.4) is 0 Å². The van der Waals surface area contributed by atoms with Crippen LogP contribution in [0.5, 0.6) is 0 Å². The Kier molecular flexibility index (Phi) is 5.97. The first-order valence-corrected chi connectivity index (χ1v) is 11.1. The molecule has 2 aromatic heterocycles. The summed E-state index contributed by atoms with van der Waals surface area (Å²) < 4.78 is 35.0. The van der Waals surface area contributed by atoms with Crippen LogP contribution in [0.1, 0.15) is 29.9 Å². The lowest BCUT2D eigenvalue weighted by atomic mass is 10.1. The van der Waals surface area contributed by atoms with E-state index in [1.807, 2.05) is 30.3 Å². The van der Waals surface area contributed by atoms with Gasteiger partial charge in [0.15, 0.2) is 0 Å². The molecule has 0 radical (unpaired) electrons. The van der Waals surface area contributed by atoms with E-state index in [-0.39, 0.29) is 10.8 Å². The highest BCUT2D eigenvalue weighted by Crippen LogP contribution is 2.28. The zero-order valence-corrected chi connectivity index (χ0v) is 17.4. The maximum absolute atomic E-state index is 12.7. The Labute approximate surface area is 168 Å². The van der Waals surface area contributed by atoms with Crippen molar-refractivity contribution in [3.8, 4) is 5.69 Å². The molecular weight excluding hydrogens is 398 g/mol. The van der Waals surface area contributed by atoms with Gasteiger partial charge in [0.2, 0.25) is 0 Å². The number of para-hydroxylation sites is 1. The second-order valence-corrected chi connectivity index (χ2v) is 8.96. The van der Waals surface area contributed by atoms with Gasteiger partial charge in [-0.2, -0.15) is 9.82 Å². The van der Waals surface area contributed by atoms with Gasteiger partial charge in [0.25, 0.3) is 10.0 Å². The van der Waals surface area contributed by atoms with Gasteiger partial charge in [-0.3, -0.25) is 0 Å². The minimum absolute atomic E-state index is 0.132. The second-order valence-electron chi connectivity index (χ2n) is 6.07. The number of ether oxygens (including phenoxy) is 1. The highest BCUT2D eigenvalue weighted by molar-refractivity contribution is 7.91. The molecule has 28 heavy (non-hydrogen) atoms. The van der Waals surface area contributed by atoms with Gasteiger partial charge in [-0.25, -0.2) is 17.9 Å². The minimum Gasteiger partial charge on any atom is -0.465 e. The van der Waals surface area contributed by atoms with E-state index in [2.05, 4.69) is 9.82 Å². The van der Waals surface area contributed by atoms with Gasteiger partial charge in [-0.05, 0) is 44.4 Å². The first-order chi connectivity index (χ1) is 13.3. The Morgan fingerprint density at radius 1 is 1.21 bits per heavy atom. The number of hydrogen-bond donors (Lipinski definition) is 1. The SMILES string of the molecule is CCOC(=O)[C@@H](NS(=O)(=O)c1cccs1)c1c(C)nn(-c2ccccc2)c1C. The molecule has 1 N–H and O–H groups in total. The van der Waals surface area contributed by atoms with E-state index in [4.69, 9.17) is 4.74 Å². The predicted octanol–water partition coefficient (Wildman–Crippen LogP) is 3.13. The molecule has 1 aromatic carbocycles. The standard InChI is InChI=1S/C19H21N3O4S2/c1-4-26-19(23)18(21-28(24,25)16-11-8-12-27-16)17-13(2)20-22(14(17)3)15-9-6-5-7-10-15/h5-12,18,21H,4H2,1-3H3/t18-/m0/s1. The monoisotopic (exact) mass is 419 g/mol. The van der Waals surface area contributed by atoms with Gasteiger partial charge in [0, 0.05) is 11.3 Å². The number of rotatable bonds is 7. The number of aromatic nitrogens is 2. The third-order valence-electron chi connectivity index (χ3n) is 4.19. The Balaban J connectivity index is 2.07. The molecule has 0 unspecified atom stereocenters. The number of nitrogens with zero attached hydrogens (tertiary/aromatic N) is 2. The zero-order chi connectivity index (χ0) is 20.3. The quantitative estimate of drug-likeness (QED) is 0.594. The summed E-state index contributed by atoms with van der Waals surface area (Å²) >= 11 is 1.08. The highest BCUT2D eigenvalue weighted by Gasteiger charge is 2.33. The number of hydrogen-bond acceptors (Lipinski definition) is 6. The van der Waals surface area contributed by atoms with Crippen molar-refractivity contribution in [2.24, 2.45) is 0 Å². The molecule has 1 atom stereocenters. The lowest BCUT2D eigenvalue weighted by Crippen LogP contribution is -2.35. The topological polar surface area (TPSA) is 90.3 Å². The number of sulfonamides is 1. The van der Waals surface area contributed by atoms with Crippen LogP contribution in [0.25, 0.3) is 5.69 Å². The van der Waals surface area contributed by atoms with Gasteiger partial charge in [-0.1, -0.05) is 24.3 Å². The molecule has 0 aliphatic carbocycles. The Hall–Kier alpha value is -2.49. The maximum Gasteiger partial charge on any atom is 0.328 e. The van der Waals surface area contributed by atoms with Crippen molar-refractivity contribution in [2.75, 3.05) is 6.61 Å². The third-order valence-corrected chi connectivity index (χ3v) is 7.01.